The minimum absolute atomic E-state index is 0.164. The predicted molar refractivity (Wildman–Crippen MR) is 82.2 cm³/mol. The molecule has 0 aliphatic carbocycles. The van der Waals surface area contributed by atoms with Crippen LogP contribution < -0.4 is 0 Å². The van der Waals surface area contributed by atoms with Crippen LogP contribution in [0.1, 0.15) is 6.42 Å². The molecule has 3 unspecified atom stereocenters. The third-order valence-corrected chi connectivity index (χ3v) is 4.04. The summed E-state index contributed by atoms with van der Waals surface area (Å²) in [5, 5.41) is 28.1. The van der Waals surface area contributed by atoms with Crippen LogP contribution >= 0.6 is 0 Å². The highest BCUT2D eigenvalue weighted by Crippen LogP contribution is 2.23. The molecule has 1 saturated heterocycles. The smallest absolute Gasteiger partial charge is 0.182 e. The maximum absolute atomic E-state index is 9.98. The molecule has 23 heavy (non-hydrogen) atoms. The third-order valence-electron chi connectivity index (χ3n) is 4.04. The van der Waals surface area contributed by atoms with E-state index in [1.54, 1.807) is 17.1 Å². The first-order valence-corrected chi connectivity index (χ1v) is 7.54. The molecule has 0 bridgehead atoms. The second kappa shape index (κ2) is 6.71. The predicted octanol–water partition coefficient (Wildman–Crippen LogP) is -0.262. The first-order valence-electron chi connectivity index (χ1n) is 7.54. The van der Waals surface area contributed by atoms with E-state index in [1.807, 2.05) is 37.2 Å². The van der Waals surface area contributed by atoms with E-state index in [0.717, 1.165) is 5.69 Å². The van der Waals surface area contributed by atoms with Gasteiger partial charge >= 0.3 is 0 Å². The van der Waals surface area contributed by atoms with Crippen molar-refractivity contribution < 1.29 is 14.9 Å². The van der Waals surface area contributed by atoms with Crippen LogP contribution in [0.3, 0.4) is 0 Å². The molecule has 124 valence electrons. The van der Waals surface area contributed by atoms with Crippen LogP contribution in [0.2, 0.25) is 0 Å². The van der Waals surface area contributed by atoms with Crippen molar-refractivity contribution in [1.29, 1.82) is 0 Å². The Morgan fingerprint density at radius 2 is 2.13 bits per heavy atom. The lowest BCUT2D eigenvalue weighted by Gasteiger charge is -2.39. The van der Waals surface area contributed by atoms with Crippen LogP contribution in [-0.2, 0) is 11.3 Å². The molecular weight excluding hydrogens is 298 g/mol. The summed E-state index contributed by atoms with van der Waals surface area (Å²) in [5.41, 5.74) is 1.44. The Hall–Kier alpha value is -1.87. The molecule has 0 spiro atoms. The van der Waals surface area contributed by atoms with E-state index in [9.17, 15) is 10.2 Å². The summed E-state index contributed by atoms with van der Waals surface area (Å²) in [6.45, 7) is 0.452. The lowest BCUT2D eigenvalue weighted by molar-refractivity contribution is -0.236. The van der Waals surface area contributed by atoms with Gasteiger partial charge in [0.25, 0.3) is 0 Å². The molecule has 1 aliphatic heterocycles. The van der Waals surface area contributed by atoms with E-state index in [-0.39, 0.29) is 12.1 Å². The minimum Gasteiger partial charge on any atom is -0.386 e. The molecule has 0 saturated carbocycles. The van der Waals surface area contributed by atoms with Crippen molar-refractivity contribution in [3.05, 3.63) is 30.6 Å². The van der Waals surface area contributed by atoms with Gasteiger partial charge < -0.3 is 19.8 Å². The molecule has 2 aromatic heterocycles. The van der Waals surface area contributed by atoms with Crippen molar-refractivity contribution in [3.63, 3.8) is 0 Å². The third kappa shape index (κ3) is 3.56. The van der Waals surface area contributed by atoms with Crippen LogP contribution in [0.4, 0.5) is 0 Å². The van der Waals surface area contributed by atoms with Crippen LogP contribution in [0.5, 0.6) is 0 Å². The molecule has 2 N–H and O–H groups in total. The molecule has 2 aromatic rings. The number of hydrogen-bond acceptors (Lipinski definition) is 7. The number of pyridine rings is 1. The molecule has 1 fully saturated rings. The number of aliphatic hydroxyl groups is 2. The lowest BCUT2D eigenvalue weighted by atomic mass is 9.98. The molecule has 8 nitrogen and oxygen atoms in total. The van der Waals surface area contributed by atoms with Gasteiger partial charge in [0.05, 0.1) is 24.5 Å². The second-order valence-electron chi connectivity index (χ2n) is 5.95. The summed E-state index contributed by atoms with van der Waals surface area (Å²) < 4.78 is 7.14. The zero-order chi connectivity index (χ0) is 16.4. The van der Waals surface area contributed by atoms with Crippen LogP contribution in [0.15, 0.2) is 30.6 Å². The summed E-state index contributed by atoms with van der Waals surface area (Å²) in [6, 6.07) is 5.44. The fraction of sp³-hybridized carbons (Fsp3) is 0.533. The normalized spacial score (nSPS) is 28.2. The molecule has 0 radical (unpaired) electrons. The topological polar surface area (TPSA) is 96.5 Å². The summed E-state index contributed by atoms with van der Waals surface area (Å²) >= 11 is 0. The number of aliphatic hydroxyl groups excluding tert-OH is 2. The monoisotopic (exact) mass is 319 g/mol. The van der Waals surface area contributed by atoms with Gasteiger partial charge in [-0.1, -0.05) is 11.3 Å². The van der Waals surface area contributed by atoms with Gasteiger partial charge in [0, 0.05) is 12.2 Å². The van der Waals surface area contributed by atoms with Crippen molar-refractivity contribution >= 4 is 0 Å². The first-order chi connectivity index (χ1) is 11.0. The molecule has 4 atom stereocenters. The maximum Gasteiger partial charge on any atom is 0.182 e. The Morgan fingerprint density at radius 1 is 1.30 bits per heavy atom. The lowest BCUT2D eigenvalue weighted by Crippen LogP contribution is -2.54. The highest BCUT2D eigenvalue weighted by molar-refractivity contribution is 5.51. The van der Waals surface area contributed by atoms with Crippen LogP contribution in [0, 0.1) is 0 Å². The average Bonchev–Trinajstić information content (AvgIpc) is 3.00. The number of rotatable bonds is 4. The Balaban J connectivity index is 1.69. The van der Waals surface area contributed by atoms with E-state index in [4.69, 9.17) is 4.74 Å². The van der Waals surface area contributed by atoms with Crippen molar-refractivity contribution in [2.24, 2.45) is 0 Å². The van der Waals surface area contributed by atoms with Crippen molar-refractivity contribution in [3.8, 4) is 11.4 Å². The standard InChI is InChI=1S/C15H21N5O3/c1-19(2)13-7-10(23-15(22)14(13)21)8-20-9-12(17-18-20)11-5-3-4-6-16-11/h3-6,9-10,13-15,21-22H,7-8H2,1-2H3/t10?,13?,14?,15-/m1/s1. The summed E-state index contributed by atoms with van der Waals surface area (Å²) in [4.78, 5) is 6.13. The molecular formula is C15H21N5O3. The number of hydrogen-bond donors (Lipinski definition) is 2. The molecule has 8 heteroatoms. The zero-order valence-electron chi connectivity index (χ0n) is 13.1. The van der Waals surface area contributed by atoms with Gasteiger partial charge in [0.1, 0.15) is 11.8 Å². The quantitative estimate of drug-likeness (QED) is 0.801. The zero-order valence-corrected chi connectivity index (χ0v) is 13.1. The largest absolute Gasteiger partial charge is 0.386 e. The molecule has 3 rings (SSSR count). The highest BCUT2D eigenvalue weighted by Gasteiger charge is 2.38. The molecule has 0 aromatic carbocycles. The average molecular weight is 319 g/mol. The molecule has 1 aliphatic rings. The van der Waals surface area contributed by atoms with E-state index >= 15 is 0 Å². The molecule has 3 heterocycles. The van der Waals surface area contributed by atoms with Gasteiger partial charge in [-0.3, -0.25) is 4.98 Å². The Bertz CT molecular complexity index is 633. The van der Waals surface area contributed by atoms with Crippen molar-refractivity contribution in [2.45, 2.75) is 37.5 Å². The Labute approximate surface area is 134 Å². The second-order valence-corrected chi connectivity index (χ2v) is 5.95. The maximum atomic E-state index is 9.98. The summed E-state index contributed by atoms with van der Waals surface area (Å²) in [6.07, 6.45) is 1.75. The fourth-order valence-electron chi connectivity index (χ4n) is 2.79. The van der Waals surface area contributed by atoms with Crippen molar-refractivity contribution in [1.82, 2.24) is 24.9 Å². The summed E-state index contributed by atoms with van der Waals surface area (Å²) in [5.74, 6) is 0. The highest BCUT2D eigenvalue weighted by atomic mass is 16.6. The van der Waals surface area contributed by atoms with E-state index in [0.29, 0.717) is 18.7 Å². The van der Waals surface area contributed by atoms with Gasteiger partial charge in [0.15, 0.2) is 6.29 Å². The van der Waals surface area contributed by atoms with Crippen LogP contribution in [0.25, 0.3) is 11.4 Å². The van der Waals surface area contributed by atoms with Crippen LogP contribution in [-0.4, -0.2) is 73.7 Å². The Kier molecular flexibility index (Phi) is 4.67. The van der Waals surface area contributed by atoms with E-state index < -0.39 is 12.4 Å². The number of nitrogens with zero attached hydrogens (tertiary/aromatic N) is 5. The van der Waals surface area contributed by atoms with Gasteiger partial charge in [-0.2, -0.15) is 0 Å². The SMILES string of the molecule is CN(C)C1CC(Cn2cc(-c3ccccn3)nn2)O[C@@H](O)C1O. The Morgan fingerprint density at radius 3 is 2.83 bits per heavy atom. The first kappa shape index (κ1) is 16.0. The number of ether oxygens (including phenoxy) is 1. The summed E-state index contributed by atoms with van der Waals surface area (Å²) in [7, 11) is 3.75. The van der Waals surface area contributed by atoms with E-state index in [1.165, 1.54) is 0 Å². The fourth-order valence-corrected chi connectivity index (χ4v) is 2.79. The number of aromatic nitrogens is 4. The van der Waals surface area contributed by atoms with E-state index in [2.05, 4.69) is 15.3 Å². The van der Waals surface area contributed by atoms with Crippen molar-refractivity contribution in [2.75, 3.05) is 14.1 Å². The van der Waals surface area contributed by atoms with Gasteiger partial charge in [-0.15, -0.1) is 5.10 Å². The number of likely N-dealkylation sites (N-methyl/N-ethyl adjacent to an activating group) is 1. The van der Waals surface area contributed by atoms with Gasteiger partial charge in [-0.25, -0.2) is 4.68 Å². The minimum atomic E-state index is -1.19. The van der Waals surface area contributed by atoms with Gasteiger partial charge in [-0.05, 0) is 32.6 Å². The van der Waals surface area contributed by atoms with Gasteiger partial charge in [0.2, 0.25) is 0 Å². The molecule has 0 amide bonds.